The summed E-state index contributed by atoms with van der Waals surface area (Å²) in [6.45, 7) is 7.06. The standard InChI is InChI=1S/C48H49IN4O6Si/c1-47(2,3)60(34-22-12-8-13-23-34,35-24-14-9-15-25-35)57-31-41-40(30-42(58-41)53-45-43(44(49)52-53)46(56-6)51-32-50-45)59-48(33-20-10-7-11-21-33,36-26-16-18-28-38(36)54-4)37-27-17-19-29-39(37)55-5/h7-29,32,40-42H,30-31H2,1-6H3/t40-,41+,42+/m0/s1. The molecule has 0 amide bonds. The molecule has 0 aliphatic carbocycles. The van der Waals surface area contributed by atoms with Crippen LogP contribution in [0.3, 0.4) is 0 Å². The van der Waals surface area contributed by atoms with Gasteiger partial charge in [0.05, 0.1) is 34.0 Å². The fourth-order valence-corrected chi connectivity index (χ4v) is 14.1. The minimum absolute atomic E-state index is 0.228. The monoisotopic (exact) mass is 932 g/mol. The van der Waals surface area contributed by atoms with Crippen molar-refractivity contribution in [2.24, 2.45) is 0 Å². The fourth-order valence-electron chi connectivity index (χ4n) is 8.78. The lowest BCUT2D eigenvalue weighted by Crippen LogP contribution is -2.67. The summed E-state index contributed by atoms with van der Waals surface area (Å²) in [6, 6.07) is 47.5. The number of aromatic nitrogens is 4. The summed E-state index contributed by atoms with van der Waals surface area (Å²) in [5, 5.41) is 7.78. The SMILES string of the molecule is COc1ccccc1C(O[C@H]1C[C@H](n2nc(I)c3c(OC)ncnc32)O[C@@H]1CO[Si](c1ccccc1)(c1ccccc1)C(C)(C)C)(c1ccccc1)c1ccccc1OC. The molecule has 1 aliphatic heterocycles. The van der Waals surface area contributed by atoms with Crippen LogP contribution in [0.5, 0.6) is 17.4 Å². The van der Waals surface area contributed by atoms with E-state index in [2.05, 4.69) is 133 Å². The summed E-state index contributed by atoms with van der Waals surface area (Å²) in [7, 11) is 1.96. The largest absolute Gasteiger partial charge is 0.496 e. The second-order valence-corrected chi connectivity index (χ2v) is 21.1. The molecule has 10 nitrogen and oxygen atoms in total. The minimum Gasteiger partial charge on any atom is -0.496 e. The molecule has 2 aromatic heterocycles. The van der Waals surface area contributed by atoms with Gasteiger partial charge in [-0.15, -0.1) is 0 Å². The van der Waals surface area contributed by atoms with E-state index in [1.165, 1.54) is 16.7 Å². The molecule has 5 aromatic carbocycles. The Morgan fingerprint density at radius 1 is 0.700 bits per heavy atom. The average molecular weight is 933 g/mol. The Balaban J connectivity index is 1.32. The summed E-state index contributed by atoms with van der Waals surface area (Å²) in [6.07, 6.45) is 0.171. The first kappa shape index (κ1) is 41.6. The van der Waals surface area contributed by atoms with Crippen molar-refractivity contribution < 1.29 is 28.1 Å². The Bertz CT molecular complexity index is 2450. The predicted octanol–water partition coefficient (Wildman–Crippen LogP) is 8.70. The number of halogens is 1. The Kier molecular flexibility index (Phi) is 12.1. The molecular formula is C48H49IN4O6Si. The van der Waals surface area contributed by atoms with E-state index in [0.717, 1.165) is 22.1 Å². The normalized spacial score (nSPS) is 17.1. The second kappa shape index (κ2) is 17.5. The molecule has 60 heavy (non-hydrogen) atoms. The van der Waals surface area contributed by atoms with Gasteiger partial charge in [0, 0.05) is 17.5 Å². The lowest BCUT2D eigenvalue weighted by molar-refractivity contribution is -0.0986. The number of fused-ring (bicyclic) bond motifs is 1. The minimum atomic E-state index is -3.02. The molecule has 0 N–H and O–H groups in total. The van der Waals surface area contributed by atoms with Gasteiger partial charge in [-0.3, -0.25) is 0 Å². The van der Waals surface area contributed by atoms with Crippen molar-refractivity contribution >= 4 is 52.3 Å². The molecule has 308 valence electrons. The maximum Gasteiger partial charge on any atom is 0.261 e. The van der Waals surface area contributed by atoms with E-state index in [1.807, 2.05) is 59.3 Å². The van der Waals surface area contributed by atoms with Crippen LogP contribution in [0.1, 0.15) is 50.1 Å². The average Bonchev–Trinajstić information content (AvgIpc) is 3.85. The van der Waals surface area contributed by atoms with Crippen molar-refractivity contribution in [3.05, 3.63) is 166 Å². The van der Waals surface area contributed by atoms with Crippen LogP contribution in [0.25, 0.3) is 11.0 Å². The van der Waals surface area contributed by atoms with Crippen molar-refractivity contribution in [2.45, 2.75) is 56.3 Å². The van der Waals surface area contributed by atoms with Gasteiger partial charge in [-0.2, -0.15) is 5.10 Å². The van der Waals surface area contributed by atoms with E-state index in [0.29, 0.717) is 33.1 Å². The number of rotatable bonds is 14. The molecule has 3 atom stereocenters. The highest BCUT2D eigenvalue weighted by molar-refractivity contribution is 14.1. The van der Waals surface area contributed by atoms with Gasteiger partial charge in [-0.05, 0) is 55.7 Å². The first-order valence-corrected chi connectivity index (χ1v) is 23.0. The fraction of sp³-hybridized carbons (Fsp3) is 0.271. The highest BCUT2D eigenvalue weighted by atomic mass is 127. The van der Waals surface area contributed by atoms with Crippen LogP contribution < -0.4 is 24.6 Å². The van der Waals surface area contributed by atoms with E-state index >= 15 is 0 Å². The number of nitrogens with zero attached hydrogens (tertiary/aromatic N) is 4. The topological polar surface area (TPSA) is 99.0 Å². The summed E-state index contributed by atoms with van der Waals surface area (Å²) < 4.78 is 43.2. The zero-order valence-electron chi connectivity index (χ0n) is 34.6. The van der Waals surface area contributed by atoms with Crippen molar-refractivity contribution in [2.75, 3.05) is 27.9 Å². The third-order valence-electron chi connectivity index (χ3n) is 11.4. The molecule has 3 heterocycles. The van der Waals surface area contributed by atoms with E-state index in [4.69, 9.17) is 38.2 Å². The second-order valence-electron chi connectivity index (χ2n) is 15.8. The van der Waals surface area contributed by atoms with Crippen molar-refractivity contribution in [3.63, 3.8) is 0 Å². The molecule has 7 aromatic rings. The number of hydrogen-bond donors (Lipinski definition) is 0. The Labute approximate surface area is 366 Å². The molecule has 1 saturated heterocycles. The first-order valence-electron chi connectivity index (χ1n) is 20.0. The Morgan fingerprint density at radius 3 is 1.77 bits per heavy atom. The van der Waals surface area contributed by atoms with E-state index in [9.17, 15) is 0 Å². The summed E-state index contributed by atoms with van der Waals surface area (Å²) >= 11 is 2.21. The van der Waals surface area contributed by atoms with Crippen LogP contribution >= 0.6 is 22.6 Å². The van der Waals surface area contributed by atoms with Crippen molar-refractivity contribution in [3.8, 4) is 17.4 Å². The maximum absolute atomic E-state index is 7.88. The van der Waals surface area contributed by atoms with Gasteiger partial charge in [0.1, 0.15) is 33.0 Å². The lowest BCUT2D eigenvalue weighted by atomic mass is 9.78. The number of benzene rings is 5. The smallest absolute Gasteiger partial charge is 0.261 e. The number of ether oxygens (including phenoxy) is 5. The molecule has 0 unspecified atom stereocenters. The summed E-state index contributed by atoms with van der Waals surface area (Å²) in [5.74, 6) is 1.78. The van der Waals surface area contributed by atoms with E-state index < -0.39 is 32.4 Å². The molecular weight excluding hydrogens is 884 g/mol. The van der Waals surface area contributed by atoms with Gasteiger partial charge in [-0.25, -0.2) is 14.6 Å². The third-order valence-corrected chi connectivity index (χ3v) is 17.2. The van der Waals surface area contributed by atoms with Gasteiger partial charge in [-0.1, -0.05) is 148 Å². The molecule has 0 spiro atoms. The van der Waals surface area contributed by atoms with E-state index in [-0.39, 0.29) is 11.6 Å². The first-order chi connectivity index (χ1) is 29.2. The maximum atomic E-state index is 7.88. The zero-order chi connectivity index (χ0) is 41.9. The molecule has 0 radical (unpaired) electrons. The van der Waals surface area contributed by atoms with Crippen LogP contribution in [0.2, 0.25) is 5.04 Å². The van der Waals surface area contributed by atoms with Crippen molar-refractivity contribution in [1.29, 1.82) is 0 Å². The molecule has 1 fully saturated rings. The molecule has 1 aliphatic rings. The van der Waals surface area contributed by atoms with Gasteiger partial charge in [0.2, 0.25) is 5.88 Å². The molecule has 12 heteroatoms. The molecule has 8 rings (SSSR count). The van der Waals surface area contributed by atoms with Crippen molar-refractivity contribution in [1.82, 2.24) is 19.7 Å². The molecule has 0 bridgehead atoms. The number of hydrogen-bond acceptors (Lipinski definition) is 9. The van der Waals surface area contributed by atoms with E-state index in [1.54, 1.807) is 21.3 Å². The summed E-state index contributed by atoms with van der Waals surface area (Å²) in [5.41, 5.74) is 1.88. The van der Waals surface area contributed by atoms with Crippen LogP contribution in [0.15, 0.2) is 146 Å². The van der Waals surface area contributed by atoms with Gasteiger partial charge < -0.3 is 28.1 Å². The number of methoxy groups -OCH3 is 3. The van der Waals surface area contributed by atoms with Crippen LogP contribution in [0.4, 0.5) is 0 Å². The Hall–Kier alpha value is -5.12. The predicted molar refractivity (Wildman–Crippen MR) is 244 cm³/mol. The quantitative estimate of drug-likeness (QED) is 0.0603. The van der Waals surface area contributed by atoms with Crippen LogP contribution in [0, 0.1) is 3.70 Å². The zero-order valence-corrected chi connectivity index (χ0v) is 37.8. The molecule has 0 saturated carbocycles. The number of para-hydroxylation sites is 2. The Morgan fingerprint density at radius 2 is 1.23 bits per heavy atom. The summed E-state index contributed by atoms with van der Waals surface area (Å²) in [4.78, 5) is 9.07. The lowest BCUT2D eigenvalue weighted by Gasteiger charge is -2.44. The van der Waals surface area contributed by atoms with Crippen LogP contribution in [-0.2, 0) is 19.5 Å². The van der Waals surface area contributed by atoms with Crippen LogP contribution in [-0.4, -0.2) is 68.2 Å². The van der Waals surface area contributed by atoms with Gasteiger partial charge >= 0.3 is 0 Å². The van der Waals surface area contributed by atoms with Gasteiger partial charge in [0.15, 0.2) is 17.5 Å². The van der Waals surface area contributed by atoms with Gasteiger partial charge in [0.25, 0.3) is 8.32 Å². The highest BCUT2D eigenvalue weighted by Gasteiger charge is 2.53. The third kappa shape index (κ3) is 7.38. The highest BCUT2D eigenvalue weighted by Crippen LogP contribution is 2.50.